The van der Waals surface area contributed by atoms with E-state index in [4.69, 9.17) is 4.74 Å². The van der Waals surface area contributed by atoms with Crippen LogP contribution in [0.4, 0.5) is 0 Å². The van der Waals surface area contributed by atoms with Gasteiger partial charge in [0.15, 0.2) is 6.10 Å². The molecule has 0 aromatic heterocycles. The minimum atomic E-state index is -0.471. The quantitative estimate of drug-likeness (QED) is 0.872. The van der Waals surface area contributed by atoms with Gasteiger partial charge in [-0.05, 0) is 61.6 Å². The van der Waals surface area contributed by atoms with E-state index in [0.29, 0.717) is 13.0 Å². The average Bonchev–Trinajstić information content (AvgIpc) is 2.54. The molecule has 0 bridgehead atoms. The van der Waals surface area contributed by atoms with Crippen LogP contribution in [0.15, 0.2) is 42.5 Å². The Labute approximate surface area is 138 Å². The van der Waals surface area contributed by atoms with Gasteiger partial charge >= 0.3 is 0 Å². The second-order valence-corrected chi connectivity index (χ2v) is 5.91. The second-order valence-electron chi connectivity index (χ2n) is 5.91. The lowest BCUT2D eigenvalue weighted by Crippen LogP contribution is -2.37. The van der Waals surface area contributed by atoms with Crippen LogP contribution in [-0.2, 0) is 11.3 Å². The number of carbonyl (C=O) groups excluding carboxylic acids is 1. The van der Waals surface area contributed by atoms with E-state index in [2.05, 4.69) is 12.2 Å². The van der Waals surface area contributed by atoms with E-state index in [0.717, 1.165) is 16.9 Å². The van der Waals surface area contributed by atoms with Crippen molar-refractivity contribution in [1.29, 1.82) is 0 Å². The van der Waals surface area contributed by atoms with Crippen LogP contribution in [-0.4, -0.2) is 12.0 Å². The van der Waals surface area contributed by atoms with Crippen molar-refractivity contribution in [2.45, 2.75) is 46.8 Å². The molecular weight excluding hydrogens is 286 g/mol. The van der Waals surface area contributed by atoms with E-state index >= 15 is 0 Å². The first-order chi connectivity index (χ1) is 11.0. The van der Waals surface area contributed by atoms with E-state index in [1.807, 2.05) is 63.2 Å². The summed E-state index contributed by atoms with van der Waals surface area (Å²) in [4.78, 5) is 12.4. The fourth-order valence-corrected chi connectivity index (χ4v) is 2.38. The zero-order chi connectivity index (χ0) is 16.8. The van der Waals surface area contributed by atoms with Gasteiger partial charge in [0.25, 0.3) is 5.91 Å². The molecule has 0 saturated heterocycles. The molecule has 122 valence electrons. The first kappa shape index (κ1) is 17.1. The number of aryl methyl sites for hydroxylation is 3. The van der Waals surface area contributed by atoms with Crippen LogP contribution in [0, 0.1) is 20.8 Å². The first-order valence-electron chi connectivity index (χ1n) is 8.07. The third-order valence-electron chi connectivity index (χ3n) is 4.13. The van der Waals surface area contributed by atoms with Gasteiger partial charge in [-0.2, -0.15) is 0 Å². The zero-order valence-corrected chi connectivity index (χ0v) is 14.3. The summed E-state index contributed by atoms with van der Waals surface area (Å²) >= 11 is 0. The summed E-state index contributed by atoms with van der Waals surface area (Å²) < 4.78 is 5.87. The molecule has 3 heteroatoms. The second kappa shape index (κ2) is 7.82. The molecule has 0 heterocycles. The Morgan fingerprint density at radius 1 is 1.04 bits per heavy atom. The van der Waals surface area contributed by atoms with Crippen molar-refractivity contribution in [3.63, 3.8) is 0 Å². The maximum absolute atomic E-state index is 12.4. The van der Waals surface area contributed by atoms with Gasteiger partial charge in [-0.15, -0.1) is 0 Å². The van der Waals surface area contributed by atoms with Crippen molar-refractivity contribution < 1.29 is 9.53 Å². The summed E-state index contributed by atoms with van der Waals surface area (Å²) in [6, 6.07) is 14.0. The number of nitrogens with one attached hydrogen (secondary N) is 1. The summed E-state index contributed by atoms with van der Waals surface area (Å²) in [5, 5.41) is 2.97. The van der Waals surface area contributed by atoms with Gasteiger partial charge in [0.2, 0.25) is 0 Å². The highest BCUT2D eigenvalue weighted by molar-refractivity contribution is 5.81. The lowest BCUT2D eigenvalue weighted by atomic mass is 10.1. The largest absolute Gasteiger partial charge is 0.481 e. The minimum absolute atomic E-state index is 0.0750. The SMILES string of the molecule is CCC(Oc1ccc(C)c(C)c1)C(=O)NCc1ccccc1C. The minimum Gasteiger partial charge on any atom is -0.481 e. The van der Waals surface area contributed by atoms with Crippen LogP contribution in [0.3, 0.4) is 0 Å². The Hall–Kier alpha value is -2.29. The van der Waals surface area contributed by atoms with E-state index in [9.17, 15) is 4.79 Å². The smallest absolute Gasteiger partial charge is 0.261 e. The van der Waals surface area contributed by atoms with Gasteiger partial charge in [-0.25, -0.2) is 0 Å². The number of hydrogen-bond donors (Lipinski definition) is 1. The molecular formula is C20H25NO2. The van der Waals surface area contributed by atoms with Gasteiger partial charge in [0, 0.05) is 6.54 Å². The van der Waals surface area contributed by atoms with Crippen LogP contribution < -0.4 is 10.1 Å². The van der Waals surface area contributed by atoms with Gasteiger partial charge in [0.1, 0.15) is 5.75 Å². The van der Waals surface area contributed by atoms with Gasteiger partial charge in [0.05, 0.1) is 0 Å². The van der Waals surface area contributed by atoms with Gasteiger partial charge in [-0.1, -0.05) is 37.3 Å². The highest BCUT2D eigenvalue weighted by Crippen LogP contribution is 2.18. The fraction of sp³-hybridized carbons (Fsp3) is 0.350. The Kier molecular flexibility index (Phi) is 5.80. The van der Waals surface area contributed by atoms with Crippen LogP contribution in [0.5, 0.6) is 5.75 Å². The molecule has 0 spiro atoms. The number of benzene rings is 2. The van der Waals surface area contributed by atoms with Crippen molar-refractivity contribution >= 4 is 5.91 Å². The predicted molar refractivity (Wildman–Crippen MR) is 93.6 cm³/mol. The lowest BCUT2D eigenvalue weighted by molar-refractivity contribution is -0.128. The molecule has 3 nitrogen and oxygen atoms in total. The number of hydrogen-bond acceptors (Lipinski definition) is 2. The van der Waals surface area contributed by atoms with Crippen molar-refractivity contribution in [3.05, 3.63) is 64.7 Å². The molecule has 0 radical (unpaired) electrons. The third-order valence-corrected chi connectivity index (χ3v) is 4.13. The monoisotopic (exact) mass is 311 g/mol. The third kappa shape index (κ3) is 4.59. The number of amides is 1. The van der Waals surface area contributed by atoms with Crippen molar-refractivity contribution in [2.75, 3.05) is 0 Å². The van der Waals surface area contributed by atoms with Crippen LogP contribution in [0.1, 0.15) is 35.6 Å². The zero-order valence-electron chi connectivity index (χ0n) is 14.3. The number of rotatable bonds is 6. The molecule has 0 fully saturated rings. The van der Waals surface area contributed by atoms with Crippen LogP contribution in [0.2, 0.25) is 0 Å². The van der Waals surface area contributed by atoms with E-state index in [-0.39, 0.29) is 5.91 Å². The number of ether oxygens (including phenoxy) is 1. The summed E-state index contributed by atoms with van der Waals surface area (Å²) in [5.41, 5.74) is 4.69. The standard InChI is InChI=1S/C20H25NO2/c1-5-19(23-18-11-10-14(2)16(4)12-18)20(22)21-13-17-9-7-6-8-15(17)3/h6-12,19H,5,13H2,1-4H3,(H,21,22). The average molecular weight is 311 g/mol. The van der Waals surface area contributed by atoms with Gasteiger partial charge < -0.3 is 10.1 Å². The lowest BCUT2D eigenvalue weighted by Gasteiger charge is -2.18. The molecule has 0 saturated carbocycles. The highest BCUT2D eigenvalue weighted by Gasteiger charge is 2.18. The molecule has 0 aliphatic rings. The Balaban J connectivity index is 1.98. The van der Waals surface area contributed by atoms with Crippen LogP contribution in [0.25, 0.3) is 0 Å². The summed E-state index contributed by atoms with van der Waals surface area (Å²) in [7, 11) is 0. The van der Waals surface area contributed by atoms with Crippen molar-refractivity contribution in [3.8, 4) is 5.75 Å². The van der Waals surface area contributed by atoms with Crippen molar-refractivity contribution in [1.82, 2.24) is 5.32 Å². The predicted octanol–water partition coefficient (Wildman–Crippen LogP) is 4.09. The Morgan fingerprint density at radius 2 is 1.78 bits per heavy atom. The van der Waals surface area contributed by atoms with E-state index in [1.54, 1.807) is 0 Å². The van der Waals surface area contributed by atoms with E-state index < -0.39 is 6.10 Å². The highest BCUT2D eigenvalue weighted by atomic mass is 16.5. The summed E-state index contributed by atoms with van der Waals surface area (Å²) in [6.07, 6.45) is 0.160. The fourth-order valence-electron chi connectivity index (χ4n) is 2.38. The van der Waals surface area contributed by atoms with Crippen LogP contribution >= 0.6 is 0 Å². The molecule has 2 rings (SSSR count). The molecule has 1 N–H and O–H groups in total. The topological polar surface area (TPSA) is 38.3 Å². The molecule has 1 amide bonds. The Bertz CT molecular complexity index is 679. The normalized spacial score (nSPS) is 11.8. The van der Waals surface area contributed by atoms with Crippen molar-refractivity contribution in [2.24, 2.45) is 0 Å². The molecule has 0 aliphatic heterocycles. The number of carbonyl (C=O) groups is 1. The maximum Gasteiger partial charge on any atom is 0.261 e. The summed E-state index contributed by atoms with van der Waals surface area (Å²) in [5.74, 6) is 0.667. The molecule has 0 aliphatic carbocycles. The maximum atomic E-state index is 12.4. The molecule has 2 aromatic rings. The molecule has 23 heavy (non-hydrogen) atoms. The van der Waals surface area contributed by atoms with Gasteiger partial charge in [-0.3, -0.25) is 4.79 Å². The first-order valence-corrected chi connectivity index (χ1v) is 8.07. The Morgan fingerprint density at radius 3 is 2.43 bits per heavy atom. The van der Waals surface area contributed by atoms with E-state index in [1.165, 1.54) is 11.1 Å². The molecule has 1 unspecified atom stereocenters. The summed E-state index contributed by atoms with van der Waals surface area (Å²) in [6.45, 7) is 8.63. The molecule has 1 atom stereocenters. The molecule has 2 aromatic carbocycles.